The van der Waals surface area contributed by atoms with Crippen LogP contribution >= 0.6 is 0 Å². The van der Waals surface area contributed by atoms with Crippen molar-refractivity contribution in [3.63, 3.8) is 0 Å². The number of piperidine rings is 1. The molecule has 0 unspecified atom stereocenters. The molecule has 1 saturated heterocycles. The van der Waals surface area contributed by atoms with E-state index in [9.17, 15) is 4.79 Å². The van der Waals surface area contributed by atoms with Gasteiger partial charge in [-0.3, -0.25) is 5.32 Å². The van der Waals surface area contributed by atoms with Gasteiger partial charge in [0.2, 0.25) is 0 Å². The Morgan fingerprint density at radius 3 is 3.00 bits per heavy atom. The van der Waals surface area contributed by atoms with E-state index in [1.807, 2.05) is 0 Å². The number of carbonyl (C=O) groups is 1. The van der Waals surface area contributed by atoms with Crippen molar-refractivity contribution in [2.75, 3.05) is 13.2 Å². The van der Waals surface area contributed by atoms with Crippen molar-refractivity contribution in [1.29, 1.82) is 0 Å². The molecule has 0 bridgehead atoms. The summed E-state index contributed by atoms with van der Waals surface area (Å²) in [6.45, 7) is 3.04. The topological polar surface area (TPSA) is 102 Å². The second-order valence-electron chi connectivity index (χ2n) is 6.50. The van der Waals surface area contributed by atoms with E-state index in [2.05, 4.69) is 25.9 Å². The molecular weight excluding hydrogens is 298 g/mol. The summed E-state index contributed by atoms with van der Waals surface area (Å²) < 4.78 is 10.2. The van der Waals surface area contributed by atoms with Gasteiger partial charge in [-0.15, -0.1) is 10.2 Å². The number of aromatic amines is 1. The lowest BCUT2D eigenvalue weighted by molar-refractivity contribution is -0.0262. The molecule has 2 heterocycles. The largest absolute Gasteiger partial charge is 0.509 e. The van der Waals surface area contributed by atoms with Crippen LogP contribution in [-0.2, 0) is 15.9 Å². The summed E-state index contributed by atoms with van der Waals surface area (Å²) >= 11 is 0. The van der Waals surface area contributed by atoms with Crippen molar-refractivity contribution in [2.24, 2.45) is 17.8 Å². The first-order valence-corrected chi connectivity index (χ1v) is 8.53. The predicted octanol–water partition coefficient (Wildman–Crippen LogP) is 1.66. The minimum absolute atomic E-state index is 0.216. The van der Waals surface area contributed by atoms with Crippen LogP contribution in [0.4, 0.5) is 4.79 Å². The number of ether oxygens (including phenoxy) is 2. The molecule has 1 aromatic rings. The maximum Gasteiger partial charge on any atom is 0.509 e. The highest BCUT2D eigenvalue weighted by atomic mass is 16.7. The van der Waals surface area contributed by atoms with Crippen molar-refractivity contribution < 1.29 is 14.3 Å². The van der Waals surface area contributed by atoms with E-state index in [-0.39, 0.29) is 6.23 Å². The summed E-state index contributed by atoms with van der Waals surface area (Å²) in [5.41, 5.74) is 0. The number of hydrogen-bond donors (Lipinski definition) is 2. The number of aryl methyl sites for hydroxylation is 1. The third-order valence-electron chi connectivity index (χ3n) is 5.04. The van der Waals surface area contributed by atoms with E-state index in [4.69, 9.17) is 9.47 Å². The number of carbonyl (C=O) groups excluding carboxylic acids is 1. The molecule has 0 radical (unpaired) electrons. The van der Waals surface area contributed by atoms with E-state index in [1.54, 1.807) is 6.92 Å². The zero-order chi connectivity index (χ0) is 16.1. The standard InChI is InChI=1S/C15H25N5O3/c1-2-22-15(21)23-14-8-12-7-10(3-5-11(12)9-16-14)4-6-13-17-19-20-18-13/h10-12,14,16H,2-9H2,1H3,(H,17,18,19,20)/t10-,11+,12-,14+/m1/s1. The molecular formula is C15H25N5O3. The number of hydrogen-bond acceptors (Lipinski definition) is 7. The quantitative estimate of drug-likeness (QED) is 0.794. The fourth-order valence-corrected chi connectivity index (χ4v) is 3.86. The van der Waals surface area contributed by atoms with Crippen LogP contribution in [0.1, 0.15) is 44.9 Å². The molecule has 2 fully saturated rings. The van der Waals surface area contributed by atoms with E-state index in [0.29, 0.717) is 24.4 Å². The summed E-state index contributed by atoms with van der Waals surface area (Å²) in [4.78, 5) is 11.5. The monoisotopic (exact) mass is 323 g/mol. The molecule has 0 amide bonds. The average Bonchev–Trinajstić information content (AvgIpc) is 3.06. The normalized spacial score (nSPS) is 30.5. The Kier molecular flexibility index (Phi) is 5.43. The van der Waals surface area contributed by atoms with Gasteiger partial charge in [-0.2, -0.15) is 5.21 Å². The maximum absolute atomic E-state index is 11.5. The minimum Gasteiger partial charge on any atom is -0.435 e. The summed E-state index contributed by atoms with van der Waals surface area (Å²) in [6.07, 6.45) is 5.73. The molecule has 8 heteroatoms. The zero-order valence-corrected chi connectivity index (χ0v) is 13.5. The number of H-pyrrole nitrogens is 1. The number of nitrogens with one attached hydrogen (secondary N) is 2. The van der Waals surface area contributed by atoms with Crippen LogP contribution in [0.5, 0.6) is 0 Å². The van der Waals surface area contributed by atoms with Crippen molar-refractivity contribution in [1.82, 2.24) is 25.9 Å². The first kappa shape index (κ1) is 16.2. The third-order valence-corrected chi connectivity index (χ3v) is 5.04. The number of fused-ring (bicyclic) bond motifs is 1. The summed E-state index contributed by atoms with van der Waals surface area (Å²) in [6, 6.07) is 0. The Balaban J connectivity index is 1.46. The predicted molar refractivity (Wildman–Crippen MR) is 81.3 cm³/mol. The number of rotatable bonds is 5. The lowest BCUT2D eigenvalue weighted by atomic mass is 9.70. The molecule has 1 aromatic heterocycles. The highest BCUT2D eigenvalue weighted by Gasteiger charge is 2.36. The average molecular weight is 323 g/mol. The molecule has 3 rings (SSSR count). The molecule has 2 N–H and O–H groups in total. The number of nitrogens with zero attached hydrogens (tertiary/aromatic N) is 3. The van der Waals surface area contributed by atoms with Crippen LogP contribution in [0.15, 0.2) is 0 Å². The Morgan fingerprint density at radius 1 is 1.30 bits per heavy atom. The highest BCUT2D eigenvalue weighted by Crippen LogP contribution is 2.40. The second kappa shape index (κ2) is 7.72. The second-order valence-corrected chi connectivity index (χ2v) is 6.50. The SMILES string of the molecule is CCOC(=O)O[C@H]1C[C@H]2C[C@@H](CCc3nn[nH]n3)CC[C@H]2CN1. The first-order chi connectivity index (χ1) is 11.2. The van der Waals surface area contributed by atoms with E-state index < -0.39 is 6.16 Å². The van der Waals surface area contributed by atoms with Crippen LogP contribution in [0, 0.1) is 17.8 Å². The molecule has 8 nitrogen and oxygen atoms in total. The van der Waals surface area contributed by atoms with Gasteiger partial charge < -0.3 is 9.47 Å². The van der Waals surface area contributed by atoms with Gasteiger partial charge in [0.05, 0.1) is 6.61 Å². The fraction of sp³-hybridized carbons (Fsp3) is 0.867. The Bertz CT molecular complexity index is 495. The van der Waals surface area contributed by atoms with Crippen molar-refractivity contribution in [3.05, 3.63) is 5.82 Å². The highest BCUT2D eigenvalue weighted by molar-refractivity contribution is 5.60. The van der Waals surface area contributed by atoms with Crippen LogP contribution < -0.4 is 5.32 Å². The first-order valence-electron chi connectivity index (χ1n) is 8.53. The molecule has 1 aliphatic heterocycles. The lowest BCUT2D eigenvalue weighted by Gasteiger charge is -2.42. The van der Waals surface area contributed by atoms with E-state index in [1.165, 1.54) is 19.3 Å². The molecule has 128 valence electrons. The van der Waals surface area contributed by atoms with Gasteiger partial charge in [0.1, 0.15) is 0 Å². The van der Waals surface area contributed by atoms with Crippen LogP contribution in [-0.4, -0.2) is 46.2 Å². The fourth-order valence-electron chi connectivity index (χ4n) is 3.86. The molecule has 0 spiro atoms. The van der Waals surface area contributed by atoms with Gasteiger partial charge in [-0.05, 0) is 43.9 Å². The molecule has 1 aliphatic carbocycles. The lowest BCUT2D eigenvalue weighted by Crippen LogP contribution is -2.48. The van der Waals surface area contributed by atoms with Crippen LogP contribution in [0.3, 0.4) is 0 Å². The summed E-state index contributed by atoms with van der Waals surface area (Å²) in [7, 11) is 0. The Morgan fingerprint density at radius 2 is 2.22 bits per heavy atom. The molecule has 23 heavy (non-hydrogen) atoms. The van der Waals surface area contributed by atoms with E-state index >= 15 is 0 Å². The number of aromatic nitrogens is 4. The zero-order valence-electron chi connectivity index (χ0n) is 13.5. The van der Waals surface area contributed by atoms with Gasteiger partial charge in [0, 0.05) is 19.4 Å². The van der Waals surface area contributed by atoms with Gasteiger partial charge >= 0.3 is 6.16 Å². The maximum atomic E-state index is 11.5. The Labute approximate surface area is 135 Å². The molecule has 1 saturated carbocycles. The smallest absolute Gasteiger partial charge is 0.435 e. The van der Waals surface area contributed by atoms with Crippen molar-refractivity contribution in [2.45, 2.75) is 51.7 Å². The van der Waals surface area contributed by atoms with Crippen LogP contribution in [0.2, 0.25) is 0 Å². The summed E-state index contributed by atoms with van der Waals surface area (Å²) in [5, 5.41) is 17.5. The summed E-state index contributed by atoms with van der Waals surface area (Å²) in [5.74, 6) is 2.79. The molecule has 0 aromatic carbocycles. The van der Waals surface area contributed by atoms with Gasteiger partial charge in [0.15, 0.2) is 12.1 Å². The molecule has 4 atom stereocenters. The third kappa shape index (κ3) is 4.40. The number of tetrazole rings is 1. The van der Waals surface area contributed by atoms with Crippen molar-refractivity contribution >= 4 is 6.16 Å². The van der Waals surface area contributed by atoms with Gasteiger partial charge in [0.25, 0.3) is 0 Å². The van der Waals surface area contributed by atoms with Gasteiger partial charge in [-0.1, -0.05) is 11.6 Å². The van der Waals surface area contributed by atoms with Crippen LogP contribution in [0.25, 0.3) is 0 Å². The Hall–Kier alpha value is -1.70. The molecule has 2 aliphatic rings. The van der Waals surface area contributed by atoms with Crippen molar-refractivity contribution in [3.8, 4) is 0 Å². The minimum atomic E-state index is -0.576. The van der Waals surface area contributed by atoms with Gasteiger partial charge in [-0.25, -0.2) is 4.79 Å². The van der Waals surface area contributed by atoms with E-state index in [0.717, 1.165) is 31.6 Å².